The summed E-state index contributed by atoms with van der Waals surface area (Å²) in [5.74, 6) is 0.453. The minimum absolute atomic E-state index is 0.0126. The molecule has 0 bridgehead atoms. The number of hydrogen-bond acceptors (Lipinski definition) is 5. The Bertz CT molecular complexity index is 447. The second kappa shape index (κ2) is 6.25. The van der Waals surface area contributed by atoms with Crippen LogP contribution in [0.3, 0.4) is 0 Å². The summed E-state index contributed by atoms with van der Waals surface area (Å²) in [5, 5.41) is 0. The number of rotatable bonds is 3. The molecular formula is C14H22N2O4S. The zero-order valence-corrected chi connectivity index (χ0v) is 13.6. The zero-order valence-electron chi connectivity index (χ0n) is 12.8. The number of thioether (sulfide) groups is 1. The molecule has 0 aliphatic carbocycles. The summed E-state index contributed by atoms with van der Waals surface area (Å²) in [6.45, 7) is 6.05. The van der Waals surface area contributed by atoms with Gasteiger partial charge >= 0.3 is 5.97 Å². The molecule has 7 heteroatoms. The van der Waals surface area contributed by atoms with Crippen molar-refractivity contribution in [3.8, 4) is 0 Å². The second-order valence-electron chi connectivity index (χ2n) is 6.35. The van der Waals surface area contributed by atoms with E-state index < -0.39 is 11.6 Å². The molecule has 6 nitrogen and oxygen atoms in total. The van der Waals surface area contributed by atoms with E-state index in [-0.39, 0.29) is 24.3 Å². The fourth-order valence-electron chi connectivity index (χ4n) is 2.47. The molecule has 2 heterocycles. The predicted molar refractivity (Wildman–Crippen MR) is 79.6 cm³/mol. The topological polar surface area (TPSA) is 66.9 Å². The maximum atomic E-state index is 12.3. The van der Waals surface area contributed by atoms with E-state index in [1.165, 1.54) is 16.7 Å². The Kier molecular flexibility index (Phi) is 4.81. The van der Waals surface area contributed by atoms with Crippen LogP contribution in [0.5, 0.6) is 0 Å². The molecule has 0 unspecified atom stereocenters. The standard InChI is InChI=1S/C14H22N2O4S/c1-14(2,3)20-13(19)10-5-4-6-16(10)11(17)7-15-9-21-8-12(15)18/h10H,4-9H2,1-3H3/t10-/m1/s1. The third-order valence-electron chi connectivity index (χ3n) is 3.40. The number of amides is 2. The monoisotopic (exact) mass is 314 g/mol. The van der Waals surface area contributed by atoms with Crippen molar-refractivity contribution in [1.82, 2.24) is 9.80 Å². The quantitative estimate of drug-likeness (QED) is 0.723. The third kappa shape index (κ3) is 4.12. The van der Waals surface area contributed by atoms with Crippen LogP contribution in [0.15, 0.2) is 0 Å². The summed E-state index contributed by atoms with van der Waals surface area (Å²) in [7, 11) is 0. The van der Waals surface area contributed by atoms with E-state index in [1.807, 2.05) is 20.8 Å². The van der Waals surface area contributed by atoms with Gasteiger partial charge < -0.3 is 14.5 Å². The van der Waals surface area contributed by atoms with Crippen molar-refractivity contribution in [1.29, 1.82) is 0 Å². The first-order valence-electron chi connectivity index (χ1n) is 7.16. The Balaban J connectivity index is 1.96. The number of carbonyl (C=O) groups excluding carboxylic acids is 3. The Morgan fingerprint density at radius 1 is 1.38 bits per heavy atom. The Labute approximate surface area is 129 Å². The van der Waals surface area contributed by atoms with Crippen LogP contribution >= 0.6 is 11.8 Å². The molecule has 1 atom stereocenters. The first kappa shape index (κ1) is 16.1. The van der Waals surface area contributed by atoms with Crippen molar-refractivity contribution in [3.05, 3.63) is 0 Å². The summed E-state index contributed by atoms with van der Waals surface area (Å²) in [6, 6.07) is -0.512. The molecule has 2 saturated heterocycles. The van der Waals surface area contributed by atoms with Crippen molar-refractivity contribution >= 4 is 29.5 Å². The first-order chi connectivity index (χ1) is 9.78. The van der Waals surface area contributed by atoms with E-state index in [2.05, 4.69) is 0 Å². The van der Waals surface area contributed by atoms with Crippen molar-refractivity contribution in [2.45, 2.75) is 45.3 Å². The van der Waals surface area contributed by atoms with Gasteiger partial charge in [0.05, 0.1) is 11.6 Å². The fraction of sp³-hybridized carbons (Fsp3) is 0.786. The van der Waals surface area contributed by atoms with Crippen LogP contribution in [-0.4, -0.2) is 63.9 Å². The lowest BCUT2D eigenvalue weighted by molar-refractivity contribution is -0.163. The lowest BCUT2D eigenvalue weighted by Gasteiger charge is -2.28. The summed E-state index contributed by atoms with van der Waals surface area (Å²) in [5.41, 5.74) is -0.560. The van der Waals surface area contributed by atoms with Crippen molar-refractivity contribution < 1.29 is 19.1 Å². The molecule has 0 N–H and O–H groups in total. The number of nitrogens with zero attached hydrogens (tertiary/aromatic N) is 2. The van der Waals surface area contributed by atoms with E-state index in [0.29, 0.717) is 24.6 Å². The molecule has 2 rings (SSSR count). The highest BCUT2D eigenvalue weighted by molar-refractivity contribution is 8.00. The highest BCUT2D eigenvalue weighted by atomic mass is 32.2. The van der Waals surface area contributed by atoms with Gasteiger partial charge in [0.2, 0.25) is 11.8 Å². The molecule has 118 valence electrons. The molecule has 0 spiro atoms. The minimum atomic E-state index is -0.560. The highest BCUT2D eigenvalue weighted by Crippen LogP contribution is 2.22. The van der Waals surface area contributed by atoms with Crippen LogP contribution in [0.25, 0.3) is 0 Å². The van der Waals surface area contributed by atoms with E-state index in [9.17, 15) is 14.4 Å². The summed E-state index contributed by atoms with van der Waals surface area (Å²) in [6.07, 6.45) is 1.42. The molecular weight excluding hydrogens is 292 g/mol. The smallest absolute Gasteiger partial charge is 0.329 e. The van der Waals surface area contributed by atoms with E-state index in [4.69, 9.17) is 4.74 Å². The fourth-order valence-corrected chi connectivity index (χ4v) is 3.38. The molecule has 2 aliphatic heterocycles. The molecule has 0 aromatic heterocycles. The number of carbonyl (C=O) groups is 3. The van der Waals surface area contributed by atoms with Gasteiger partial charge in [-0.05, 0) is 33.6 Å². The predicted octanol–water partition coefficient (Wildman–Crippen LogP) is 0.852. The molecule has 0 radical (unpaired) electrons. The largest absolute Gasteiger partial charge is 0.458 e. The van der Waals surface area contributed by atoms with E-state index >= 15 is 0 Å². The average molecular weight is 314 g/mol. The average Bonchev–Trinajstić information content (AvgIpc) is 2.96. The summed E-state index contributed by atoms with van der Waals surface area (Å²) >= 11 is 1.50. The molecule has 2 fully saturated rings. The van der Waals surface area contributed by atoms with Gasteiger partial charge in [-0.3, -0.25) is 9.59 Å². The Hall–Kier alpha value is -1.24. The number of hydrogen-bond donors (Lipinski definition) is 0. The third-order valence-corrected chi connectivity index (χ3v) is 4.35. The van der Waals surface area contributed by atoms with Gasteiger partial charge in [0.15, 0.2) is 0 Å². The number of likely N-dealkylation sites (tertiary alicyclic amines) is 1. The molecule has 21 heavy (non-hydrogen) atoms. The molecule has 2 amide bonds. The number of esters is 1. The summed E-state index contributed by atoms with van der Waals surface area (Å²) in [4.78, 5) is 39.2. The Morgan fingerprint density at radius 3 is 2.67 bits per heavy atom. The lowest BCUT2D eigenvalue weighted by Crippen LogP contribution is -2.47. The number of ether oxygens (including phenoxy) is 1. The van der Waals surface area contributed by atoms with Crippen LogP contribution in [0.4, 0.5) is 0 Å². The molecule has 2 aliphatic rings. The van der Waals surface area contributed by atoms with Gasteiger partial charge in [-0.2, -0.15) is 0 Å². The van der Waals surface area contributed by atoms with Crippen LogP contribution in [0, 0.1) is 0 Å². The van der Waals surface area contributed by atoms with Gasteiger partial charge in [-0.1, -0.05) is 0 Å². The van der Waals surface area contributed by atoms with Gasteiger partial charge in [0, 0.05) is 6.54 Å². The molecule has 0 aromatic rings. The van der Waals surface area contributed by atoms with Crippen molar-refractivity contribution in [2.24, 2.45) is 0 Å². The van der Waals surface area contributed by atoms with Gasteiger partial charge in [-0.15, -0.1) is 11.8 Å². The van der Waals surface area contributed by atoms with E-state index in [1.54, 1.807) is 4.90 Å². The Morgan fingerprint density at radius 2 is 2.10 bits per heavy atom. The van der Waals surface area contributed by atoms with Gasteiger partial charge in [0.1, 0.15) is 18.2 Å². The normalized spacial score (nSPS) is 22.8. The van der Waals surface area contributed by atoms with Crippen LogP contribution in [0.2, 0.25) is 0 Å². The maximum Gasteiger partial charge on any atom is 0.329 e. The van der Waals surface area contributed by atoms with Crippen LogP contribution in [-0.2, 0) is 19.1 Å². The van der Waals surface area contributed by atoms with Gasteiger partial charge in [0.25, 0.3) is 0 Å². The summed E-state index contributed by atoms with van der Waals surface area (Å²) < 4.78 is 5.38. The lowest BCUT2D eigenvalue weighted by atomic mass is 10.1. The maximum absolute atomic E-state index is 12.3. The highest BCUT2D eigenvalue weighted by Gasteiger charge is 2.38. The van der Waals surface area contributed by atoms with Crippen molar-refractivity contribution in [3.63, 3.8) is 0 Å². The van der Waals surface area contributed by atoms with Crippen molar-refractivity contribution in [2.75, 3.05) is 24.7 Å². The zero-order chi connectivity index (χ0) is 15.6. The van der Waals surface area contributed by atoms with Crippen LogP contribution in [0.1, 0.15) is 33.6 Å². The molecule has 0 saturated carbocycles. The minimum Gasteiger partial charge on any atom is -0.458 e. The SMILES string of the molecule is CC(C)(C)OC(=O)[C@H]1CCCN1C(=O)CN1CSCC1=O. The van der Waals surface area contributed by atoms with E-state index in [0.717, 1.165) is 6.42 Å². The first-order valence-corrected chi connectivity index (χ1v) is 8.31. The van der Waals surface area contributed by atoms with Crippen LogP contribution < -0.4 is 0 Å². The second-order valence-corrected chi connectivity index (χ2v) is 7.30. The molecule has 0 aromatic carbocycles. The van der Waals surface area contributed by atoms with Gasteiger partial charge in [-0.25, -0.2) is 4.79 Å².